The van der Waals surface area contributed by atoms with E-state index in [0.717, 1.165) is 36.4 Å². The van der Waals surface area contributed by atoms with Gasteiger partial charge in [0.2, 0.25) is 0 Å². The zero-order valence-corrected chi connectivity index (χ0v) is 11.0. The molecule has 0 bridgehead atoms. The van der Waals surface area contributed by atoms with Crippen molar-refractivity contribution in [2.24, 2.45) is 0 Å². The zero-order valence-electron chi connectivity index (χ0n) is 10.3. The first kappa shape index (κ1) is 11.9. The Morgan fingerprint density at radius 1 is 1.39 bits per heavy atom. The lowest BCUT2D eigenvalue weighted by Gasteiger charge is -2.26. The SMILES string of the molecule is COc1c(Cl)cc2c(c1C1CCCN1)OCCO2. The largest absolute Gasteiger partial charge is 0.495 e. The predicted octanol–water partition coefficient (Wildman–Crippen LogP) is 2.54. The van der Waals surface area contributed by atoms with Crippen LogP contribution in [0.5, 0.6) is 17.2 Å². The van der Waals surface area contributed by atoms with Crippen molar-refractivity contribution in [3.05, 3.63) is 16.7 Å². The van der Waals surface area contributed by atoms with E-state index in [1.54, 1.807) is 13.2 Å². The first-order valence-electron chi connectivity index (χ1n) is 6.20. The summed E-state index contributed by atoms with van der Waals surface area (Å²) in [5.74, 6) is 2.19. The molecule has 98 valence electrons. The van der Waals surface area contributed by atoms with E-state index in [4.69, 9.17) is 25.8 Å². The fourth-order valence-corrected chi connectivity index (χ4v) is 2.90. The number of hydrogen-bond acceptors (Lipinski definition) is 4. The van der Waals surface area contributed by atoms with Crippen LogP contribution in [0.1, 0.15) is 24.4 Å². The molecule has 1 N–H and O–H groups in total. The average molecular weight is 270 g/mol. The van der Waals surface area contributed by atoms with Crippen molar-refractivity contribution >= 4 is 11.6 Å². The summed E-state index contributed by atoms with van der Waals surface area (Å²) in [7, 11) is 1.63. The highest BCUT2D eigenvalue weighted by Crippen LogP contribution is 2.48. The molecule has 18 heavy (non-hydrogen) atoms. The van der Waals surface area contributed by atoms with Gasteiger partial charge in [-0.15, -0.1) is 0 Å². The van der Waals surface area contributed by atoms with Crippen LogP contribution in [-0.4, -0.2) is 26.9 Å². The minimum absolute atomic E-state index is 0.231. The maximum absolute atomic E-state index is 6.26. The number of hydrogen-bond donors (Lipinski definition) is 1. The van der Waals surface area contributed by atoms with Crippen LogP contribution in [0.15, 0.2) is 6.07 Å². The van der Waals surface area contributed by atoms with Gasteiger partial charge in [-0.25, -0.2) is 0 Å². The van der Waals surface area contributed by atoms with Gasteiger partial charge in [0.05, 0.1) is 17.7 Å². The van der Waals surface area contributed by atoms with Gasteiger partial charge in [0.25, 0.3) is 0 Å². The van der Waals surface area contributed by atoms with Crippen LogP contribution in [0.3, 0.4) is 0 Å². The lowest BCUT2D eigenvalue weighted by Crippen LogP contribution is -2.21. The van der Waals surface area contributed by atoms with Crippen LogP contribution in [0, 0.1) is 0 Å². The average Bonchev–Trinajstić information content (AvgIpc) is 2.90. The minimum Gasteiger partial charge on any atom is -0.495 e. The van der Waals surface area contributed by atoms with Gasteiger partial charge in [-0.05, 0) is 19.4 Å². The van der Waals surface area contributed by atoms with Crippen LogP contribution >= 0.6 is 11.6 Å². The molecule has 0 radical (unpaired) electrons. The standard InChI is InChI=1S/C13H16ClNO3/c1-16-12-8(14)7-10-13(18-6-5-17-10)11(12)9-3-2-4-15-9/h7,9,15H,2-6H2,1H3. The molecule has 2 heterocycles. The number of rotatable bonds is 2. The second-order valence-electron chi connectivity index (χ2n) is 4.48. The summed E-state index contributed by atoms with van der Waals surface area (Å²) in [6.45, 7) is 2.14. The Hall–Kier alpha value is -1.13. The van der Waals surface area contributed by atoms with Crippen LogP contribution < -0.4 is 19.5 Å². The topological polar surface area (TPSA) is 39.7 Å². The molecule has 1 atom stereocenters. The minimum atomic E-state index is 0.231. The van der Waals surface area contributed by atoms with Gasteiger partial charge in [0.15, 0.2) is 11.5 Å². The van der Waals surface area contributed by atoms with E-state index in [2.05, 4.69) is 5.32 Å². The Kier molecular flexibility index (Phi) is 3.22. The van der Waals surface area contributed by atoms with Gasteiger partial charge < -0.3 is 19.5 Å². The molecule has 1 aromatic carbocycles. The number of methoxy groups -OCH3 is 1. The number of ether oxygens (including phenoxy) is 3. The first-order chi connectivity index (χ1) is 8.81. The quantitative estimate of drug-likeness (QED) is 0.896. The summed E-state index contributed by atoms with van der Waals surface area (Å²) >= 11 is 6.26. The molecule has 4 nitrogen and oxygen atoms in total. The first-order valence-corrected chi connectivity index (χ1v) is 6.58. The summed E-state index contributed by atoms with van der Waals surface area (Å²) in [4.78, 5) is 0. The van der Waals surface area contributed by atoms with Crippen LogP contribution in [0.2, 0.25) is 5.02 Å². The van der Waals surface area contributed by atoms with Gasteiger partial charge in [0, 0.05) is 12.1 Å². The fourth-order valence-electron chi connectivity index (χ4n) is 2.62. The molecule has 2 aliphatic rings. The Labute approximate surface area is 111 Å². The van der Waals surface area contributed by atoms with Gasteiger partial charge >= 0.3 is 0 Å². The van der Waals surface area contributed by atoms with Gasteiger partial charge in [-0.2, -0.15) is 0 Å². The van der Waals surface area contributed by atoms with E-state index in [-0.39, 0.29) is 6.04 Å². The van der Waals surface area contributed by atoms with Gasteiger partial charge in [0.1, 0.15) is 19.0 Å². The maximum Gasteiger partial charge on any atom is 0.169 e. The summed E-state index contributed by atoms with van der Waals surface area (Å²) in [6.07, 6.45) is 2.21. The van der Waals surface area contributed by atoms with E-state index < -0.39 is 0 Å². The van der Waals surface area contributed by atoms with E-state index in [0.29, 0.717) is 24.0 Å². The Bertz CT molecular complexity index is 458. The Balaban J connectivity index is 2.14. The molecule has 1 fully saturated rings. The highest BCUT2D eigenvalue weighted by molar-refractivity contribution is 6.32. The number of benzene rings is 1. The van der Waals surface area contributed by atoms with Crippen LogP contribution in [-0.2, 0) is 0 Å². The zero-order chi connectivity index (χ0) is 12.5. The molecule has 0 amide bonds. The molecule has 1 aromatic rings. The van der Waals surface area contributed by atoms with Crippen molar-refractivity contribution in [2.45, 2.75) is 18.9 Å². The monoisotopic (exact) mass is 269 g/mol. The molecular weight excluding hydrogens is 254 g/mol. The molecule has 2 aliphatic heterocycles. The number of fused-ring (bicyclic) bond motifs is 1. The summed E-state index contributed by atoms with van der Waals surface area (Å²) in [5.41, 5.74) is 0.997. The molecule has 5 heteroatoms. The fraction of sp³-hybridized carbons (Fsp3) is 0.538. The third kappa shape index (κ3) is 1.89. The third-order valence-corrected chi connectivity index (χ3v) is 3.67. The van der Waals surface area contributed by atoms with Crippen molar-refractivity contribution in [1.29, 1.82) is 0 Å². The van der Waals surface area contributed by atoms with E-state index in [1.165, 1.54) is 0 Å². The Morgan fingerprint density at radius 3 is 2.94 bits per heavy atom. The van der Waals surface area contributed by atoms with E-state index in [9.17, 15) is 0 Å². The molecule has 0 aliphatic carbocycles. The second-order valence-corrected chi connectivity index (χ2v) is 4.89. The third-order valence-electron chi connectivity index (χ3n) is 3.39. The van der Waals surface area contributed by atoms with Crippen molar-refractivity contribution in [3.8, 4) is 17.2 Å². The van der Waals surface area contributed by atoms with Crippen LogP contribution in [0.4, 0.5) is 0 Å². The molecule has 1 unspecified atom stereocenters. The highest BCUT2D eigenvalue weighted by atomic mass is 35.5. The van der Waals surface area contributed by atoms with Crippen molar-refractivity contribution in [2.75, 3.05) is 26.9 Å². The van der Waals surface area contributed by atoms with Crippen LogP contribution in [0.25, 0.3) is 0 Å². The molecular formula is C13H16ClNO3. The summed E-state index contributed by atoms with van der Waals surface area (Å²) in [5, 5.41) is 4.03. The molecule has 0 saturated carbocycles. The predicted molar refractivity (Wildman–Crippen MR) is 69.0 cm³/mol. The van der Waals surface area contributed by atoms with Gasteiger partial charge in [-0.3, -0.25) is 0 Å². The lowest BCUT2D eigenvalue weighted by molar-refractivity contribution is 0.167. The Morgan fingerprint density at radius 2 is 2.22 bits per heavy atom. The molecule has 1 saturated heterocycles. The van der Waals surface area contributed by atoms with Crippen molar-refractivity contribution in [1.82, 2.24) is 5.32 Å². The lowest BCUT2D eigenvalue weighted by atomic mass is 10.0. The van der Waals surface area contributed by atoms with E-state index >= 15 is 0 Å². The second kappa shape index (κ2) is 4.86. The number of halogens is 1. The summed E-state index contributed by atoms with van der Waals surface area (Å²) < 4.78 is 16.8. The van der Waals surface area contributed by atoms with Crippen molar-refractivity contribution < 1.29 is 14.2 Å². The molecule has 0 spiro atoms. The molecule has 3 rings (SSSR count). The number of nitrogens with one attached hydrogen (secondary N) is 1. The highest BCUT2D eigenvalue weighted by Gasteiger charge is 2.30. The normalized spacial score (nSPS) is 22.0. The maximum atomic E-state index is 6.26. The van der Waals surface area contributed by atoms with E-state index in [1.807, 2.05) is 0 Å². The van der Waals surface area contributed by atoms with Crippen molar-refractivity contribution in [3.63, 3.8) is 0 Å². The summed E-state index contributed by atoms with van der Waals surface area (Å²) in [6, 6.07) is 2.00. The smallest absolute Gasteiger partial charge is 0.169 e. The van der Waals surface area contributed by atoms with Gasteiger partial charge in [-0.1, -0.05) is 11.6 Å². The molecule has 0 aromatic heterocycles.